The fourth-order valence-corrected chi connectivity index (χ4v) is 5.32. The third-order valence-electron chi connectivity index (χ3n) is 6.20. The van der Waals surface area contributed by atoms with Crippen LogP contribution in [0.25, 0.3) is 32.7 Å². The van der Waals surface area contributed by atoms with Crippen LogP contribution in [0.4, 0.5) is 5.13 Å². The minimum Gasteiger partial charge on any atom is -0.507 e. The Hall–Kier alpha value is -3.04. The number of phenolic OH excluding ortho intramolecular Hbond substituents is 1. The Balaban J connectivity index is 1.36. The standard InChI is InChI=1S/C23H27N7OS/c1-3-8-30-9-6-17(7-10-30)29(2)23-26-22-21(32-23)12-19(27-28-22)18-5-4-15(11-20(18)31)16-13-24-25-14-16/h4-5,11-14,17,31H,3,6-10H2,1-2H3,(H,24,25). The van der Waals surface area contributed by atoms with E-state index < -0.39 is 0 Å². The van der Waals surface area contributed by atoms with Crippen LogP contribution in [-0.2, 0) is 0 Å². The maximum atomic E-state index is 10.6. The Kier molecular flexibility index (Phi) is 5.75. The molecule has 0 bridgehead atoms. The largest absolute Gasteiger partial charge is 0.507 e. The van der Waals surface area contributed by atoms with Crippen molar-refractivity contribution in [3.05, 3.63) is 36.7 Å². The first kappa shape index (κ1) is 20.8. The van der Waals surface area contributed by atoms with Gasteiger partial charge in [0.05, 0.1) is 16.6 Å². The molecule has 0 saturated carbocycles. The van der Waals surface area contributed by atoms with Gasteiger partial charge in [-0.2, -0.15) is 10.1 Å². The van der Waals surface area contributed by atoms with Gasteiger partial charge in [0.2, 0.25) is 0 Å². The second-order valence-corrected chi connectivity index (χ2v) is 9.33. The average molecular weight is 450 g/mol. The molecule has 0 radical (unpaired) electrons. The Labute approximate surface area is 190 Å². The molecule has 1 saturated heterocycles. The monoisotopic (exact) mass is 449 g/mol. The van der Waals surface area contributed by atoms with Gasteiger partial charge >= 0.3 is 0 Å². The number of nitrogens with zero attached hydrogens (tertiary/aromatic N) is 6. The number of phenols is 1. The van der Waals surface area contributed by atoms with Crippen molar-refractivity contribution >= 4 is 26.8 Å². The lowest BCUT2D eigenvalue weighted by atomic mass is 10.0. The number of likely N-dealkylation sites (tertiary alicyclic amines) is 1. The number of fused-ring (bicyclic) bond motifs is 1. The van der Waals surface area contributed by atoms with Crippen molar-refractivity contribution in [2.24, 2.45) is 0 Å². The number of hydrogen-bond donors (Lipinski definition) is 2. The number of thiazole rings is 1. The number of aromatic amines is 1. The molecule has 8 nitrogen and oxygen atoms in total. The van der Waals surface area contributed by atoms with Gasteiger partial charge in [-0.15, -0.1) is 10.2 Å². The van der Waals surface area contributed by atoms with Crippen molar-refractivity contribution in [2.45, 2.75) is 32.2 Å². The SMILES string of the molecule is CCCN1CCC(N(C)c2nc3nnc(-c4ccc(-c5cn[nH]c5)cc4O)cc3s2)CC1. The Bertz CT molecular complexity index is 1200. The minimum absolute atomic E-state index is 0.165. The average Bonchev–Trinajstić information content (AvgIpc) is 3.49. The van der Waals surface area contributed by atoms with Gasteiger partial charge in [-0.25, -0.2) is 0 Å². The molecule has 1 aromatic carbocycles. The van der Waals surface area contributed by atoms with Crippen LogP contribution in [-0.4, -0.2) is 68.1 Å². The van der Waals surface area contributed by atoms with Gasteiger partial charge in [0.1, 0.15) is 5.75 Å². The number of rotatable bonds is 6. The first-order chi connectivity index (χ1) is 15.6. The van der Waals surface area contributed by atoms with Gasteiger partial charge < -0.3 is 14.9 Å². The Morgan fingerprint density at radius 1 is 1.19 bits per heavy atom. The van der Waals surface area contributed by atoms with E-state index in [1.54, 1.807) is 29.8 Å². The van der Waals surface area contributed by atoms with Gasteiger partial charge in [-0.1, -0.05) is 24.3 Å². The molecule has 1 fully saturated rings. The molecular formula is C23H27N7OS. The number of aromatic nitrogens is 5. The van der Waals surface area contributed by atoms with E-state index in [9.17, 15) is 5.11 Å². The van der Waals surface area contributed by atoms with E-state index in [0.29, 0.717) is 22.9 Å². The smallest absolute Gasteiger partial charge is 0.194 e. The van der Waals surface area contributed by atoms with Crippen LogP contribution in [0.3, 0.4) is 0 Å². The summed E-state index contributed by atoms with van der Waals surface area (Å²) in [7, 11) is 2.13. The van der Waals surface area contributed by atoms with Crippen LogP contribution >= 0.6 is 11.3 Å². The van der Waals surface area contributed by atoms with Crippen LogP contribution in [0.5, 0.6) is 5.75 Å². The van der Waals surface area contributed by atoms with E-state index in [0.717, 1.165) is 46.9 Å². The summed E-state index contributed by atoms with van der Waals surface area (Å²) in [5.41, 5.74) is 3.75. The number of piperidine rings is 1. The van der Waals surface area contributed by atoms with E-state index in [-0.39, 0.29) is 5.75 Å². The summed E-state index contributed by atoms with van der Waals surface area (Å²) in [6.07, 6.45) is 7.04. The fraction of sp³-hybridized carbons (Fsp3) is 0.391. The highest BCUT2D eigenvalue weighted by molar-refractivity contribution is 7.22. The molecule has 0 atom stereocenters. The molecule has 5 rings (SSSR count). The maximum Gasteiger partial charge on any atom is 0.194 e. The molecule has 0 spiro atoms. The Morgan fingerprint density at radius 2 is 2.03 bits per heavy atom. The molecule has 0 aliphatic carbocycles. The molecule has 1 aliphatic heterocycles. The molecule has 9 heteroatoms. The molecule has 32 heavy (non-hydrogen) atoms. The van der Waals surface area contributed by atoms with Crippen molar-refractivity contribution in [2.75, 3.05) is 31.6 Å². The lowest BCUT2D eigenvalue weighted by molar-refractivity contribution is 0.211. The number of aromatic hydroxyl groups is 1. The highest BCUT2D eigenvalue weighted by atomic mass is 32.1. The fourth-order valence-electron chi connectivity index (χ4n) is 4.35. The molecule has 0 amide bonds. The number of nitrogens with one attached hydrogen (secondary N) is 1. The summed E-state index contributed by atoms with van der Waals surface area (Å²) in [5.74, 6) is 0.165. The summed E-state index contributed by atoms with van der Waals surface area (Å²) >= 11 is 1.63. The van der Waals surface area contributed by atoms with Crippen molar-refractivity contribution < 1.29 is 5.11 Å². The van der Waals surface area contributed by atoms with E-state index in [1.807, 2.05) is 18.2 Å². The van der Waals surface area contributed by atoms with Crippen LogP contribution < -0.4 is 4.90 Å². The number of hydrogen-bond acceptors (Lipinski definition) is 8. The quantitative estimate of drug-likeness (QED) is 0.456. The van der Waals surface area contributed by atoms with Gasteiger partial charge in [-0.3, -0.25) is 5.10 Å². The van der Waals surface area contributed by atoms with Gasteiger partial charge in [0, 0.05) is 43.5 Å². The Morgan fingerprint density at radius 3 is 2.75 bits per heavy atom. The minimum atomic E-state index is 0.165. The number of benzene rings is 1. The van der Waals surface area contributed by atoms with Gasteiger partial charge in [0.15, 0.2) is 10.8 Å². The summed E-state index contributed by atoms with van der Waals surface area (Å²) in [4.78, 5) is 9.58. The zero-order chi connectivity index (χ0) is 22.1. The third-order valence-corrected chi connectivity index (χ3v) is 7.28. The predicted molar refractivity (Wildman–Crippen MR) is 128 cm³/mol. The normalized spacial score (nSPS) is 15.4. The van der Waals surface area contributed by atoms with E-state index >= 15 is 0 Å². The van der Waals surface area contributed by atoms with E-state index in [1.165, 1.54) is 13.0 Å². The van der Waals surface area contributed by atoms with Crippen LogP contribution in [0.2, 0.25) is 0 Å². The van der Waals surface area contributed by atoms with Crippen LogP contribution in [0.15, 0.2) is 36.7 Å². The van der Waals surface area contributed by atoms with Crippen LogP contribution in [0, 0.1) is 0 Å². The lowest BCUT2D eigenvalue weighted by Gasteiger charge is -2.36. The first-order valence-corrected chi connectivity index (χ1v) is 11.9. The zero-order valence-electron chi connectivity index (χ0n) is 18.3. The second-order valence-electron chi connectivity index (χ2n) is 8.32. The zero-order valence-corrected chi connectivity index (χ0v) is 19.1. The highest BCUT2D eigenvalue weighted by Crippen LogP contribution is 2.35. The van der Waals surface area contributed by atoms with Crippen molar-refractivity contribution in [3.63, 3.8) is 0 Å². The number of H-pyrrole nitrogens is 1. The molecule has 2 N–H and O–H groups in total. The highest BCUT2D eigenvalue weighted by Gasteiger charge is 2.24. The van der Waals surface area contributed by atoms with E-state index in [4.69, 9.17) is 4.98 Å². The summed E-state index contributed by atoms with van der Waals surface area (Å²) < 4.78 is 0.971. The molecule has 3 aromatic heterocycles. The molecule has 166 valence electrons. The van der Waals surface area contributed by atoms with Gasteiger partial charge in [-0.05, 0) is 49.6 Å². The third kappa shape index (κ3) is 4.05. The van der Waals surface area contributed by atoms with Crippen molar-refractivity contribution in [1.82, 2.24) is 30.3 Å². The first-order valence-electron chi connectivity index (χ1n) is 11.0. The second kappa shape index (κ2) is 8.84. The predicted octanol–water partition coefficient (Wildman–Crippen LogP) is 4.16. The van der Waals surface area contributed by atoms with Crippen LogP contribution in [0.1, 0.15) is 26.2 Å². The summed E-state index contributed by atoms with van der Waals surface area (Å²) in [6.45, 7) is 5.71. The molecule has 0 unspecified atom stereocenters. The molecule has 4 aromatic rings. The molecule has 1 aliphatic rings. The summed E-state index contributed by atoms with van der Waals surface area (Å²) in [6, 6.07) is 8.00. The van der Waals surface area contributed by atoms with Crippen molar-refractivity contribution in [1.29, 1.82) is 0 Å². The lowest BCUT2D eigenvalue weighted by Crippen LogP contribution is -2.43. The topological polar surface area (TPSA) is 94.1 Å². The maximum absolute atomic E-state index is 10.6. The van der Waals surface area contributed by atoms with E-state index in [2.05, 4.69) is 44.2 Å². The molecular weight excluding hydrogens is 422 g/mol. The van der Waals surface area contributed by atoms with Crippen molar-refractivity contribution in [3.8, 4) is 28.1 Å². The molecule has 4 heterocycles. The van der Waals surface area contributed by atoms with Gasteiger partial charge in [0.25, 0.3) is 0 Å². The number of anilines is 1. The summed E-state index contributed by atoms with van der Waals surface area (Å²) in [5, 5.41) is 27.0.